The van der Waals surface area contributed by atoms with E-state index in [0.717, 1.165) is 0 Å². The summed E-state index contributed by atoms with van der Waals surface area (Å²) < 4.78 is 383. The number of hydrogen-bond acceptors (Lipinski definition) is 2. The second kappa shape index (κ2) is 9.77. The molecule has 0 aliphatic heterocycles. The van der Waals surface area contributed by atoms with E-state index in [4.69, 9.17) is 4.55 Å². The summed E-state index contributed by atoms with van der Waals surface area (Å²) in [5, 5.41) is -8.28. The normalized spacial score (nSPS) is 17.3. The van der Waals surface area contributed by atoms with Crippen LogP contribution in [0.3, 0.4) is 0 Å². The number of alkyl halides is 27. The van der Waals surface area contributed by atoms with E-state index in [9.17, 15) is 127 Å². The number of halogens is 27. The van der Waals surface area contributed by atoms with Gasteiger partial charge < -0.3 is 0 Å². The molecule has 44 heavy (non-hydrogen) atoms. The largest absolute Gasteiger partial charge is 0.460 e. The van der Waals surface area contributed by atoms with Crippen LogP contribution in [0.15, 0.2) is 0 Å². The molecule has 0 amide bonds. The fraction of sp³-hybridized carbons (Fsp3) is 1.00. The van der Waals surface area contributed by atoms with Crippen molar-refractivity contribution in [3.05, 3.63) is 0 Å². The molecule has 0 heterocycles. The molecule has 0 aliphatic carbocycles. The van der Waals surface area contributed by atoms with Gasteiger partial charge in [0.15, 0.2) is 0 Å². The van der Waals surface area contributed by atoms with Crippen LogP contribution >= 0.6 is 0 Å². The molecule has 0 aliphatic rings. The first kappa shape index (κ1) is 42.0. The third kappa shape index (κ3) is 4.61. The Morgan fingerprint density at radius 1 is 0.273 bits per heavy atom. The van der Waals surface area contributed by atoms with Gasteiger partial charge in [0.05, 0.1) is 0 Å². The Kier molecular flexibility index (Phi) is 9.33. The van der Waals surface area contributed by atoms with Crippen LogP contribution in [0.4, 0.5) is 119 Å². The minimum Gasteiger partial charge on any atom is -0.281 e. The van der Waals surface area contributed by atoms with Gasteiger partial charge in [-0.3, -0.25) is 4.55 Å². The first-order chi connectivity index (χ1) is 18.2. The van der Waals surface area contributed by atoms with Crippen molar-refractivity contribution in [1.29, 1.82) is 0 Å². The molecule has 0 unspecified atom stereocenters. The van der Waals surface area contributed by atoms with Crippen molar-refractivity contribution >= 4 is 10.1 Å². The predicted octanol–water partition coefficient (Wildman–Crippen LogP) is 8.02. The summed E-state index contributed by atoms with van der Waals surface area (Å²) in [6.45, 7) is 0. The summed E-state index contributed by atoms with van der Waals surface area (Å²) in [6, 6.07) is 0. The molecule has 0 atom stereocenters. The van der Waals surface area contributed by atoms with Gasteiger partial charge in [0.1, 0.15) is 0 Å². The van der Waals surface area contributed by atoms with Crippen LogP contribution in [0, 0.1) is 0 Å². The summed E-state index contributed by atoms with van der Waals surface area (Å²) in [4.78, 5) is 0. The highest BCUT2D eigenvalue weighted by Gasteiger charge is 3.00. The minimum atomic E-state index is -9.92. The zero-order chi connectivity index (χ0) is 37.0. The van der Waals surface area contributed by atoms with Gasteiger partial charge in [0.2, 0.25) is 0 Å². The first-order valence-electron chi connectivity index (χ1n) is 8.82. The topological polar surface area (TPSA) is 54.4 Å². The summed E-state index contributed by atoms with van der Waals surface area (Å²) in [5.41, 5.74) is 0. The average molecular weight is 753 g/mol. The fourth-order valence-electron chi connectivity index (χ4n) is 2.30. The van der Waals surface area contributed by atoms with Crippen molar-refractivity contribution in [2.24, 2.45) is 0 Å². The predicted molar refractivity (Wildman–Crippen MR) is 77.0 cm³/mol. The quantitative estimate of drug-likeness (QED) is 0.125. The molecule has 0 aromatic rings. The highest BCUT2D eigenvalue weighted by molar-refractivity contribution is 7.87. The van der Waals surface area contributed by atoms with E-state index in [0.29, 0.717) is 0 Å². The second-order valence-corrected chi connectivity index (χ2v) is 9.27. The van der Waals surface area contributed by atoms with Gasteiger partial charge in [0.25, 0.3) is 0 Å². The van der Waals surface area contributed by atoms with Crippen LogP contribution in [0.25, 0.3) is 0 Å². The lowest BCUT2D eigenvalue weighted by atomic mass is 9.86. The van der Waals surface area contributed by atoms with Gasteiger partial charge in [0, 0.05) is 0 Å². The molecular weight excluding hydrogens is 752 g/mol. The molecule has 0 radical (unpaired) electrons. The Hall–Kier alpha value is -1.98. The zero-order valence-corrected chi connectivity index (χ0v) is 19.2. The van der Waals surface area contributed by atoms with E-state index in [1.165, 1.54) is 0 Å². The van der Waals surface area contributed by atoms with Gasteiger partial charge in [-0.05, 0) is 0 Å². The van der Waals surface area contributed by atoms with E-state index in [-0.39, 0.29) is 0 Å². The van der Waals surface area contributed by atoms with Gasteiger partial charge in [-0.25, -0.2) is 0 Å². The molecule has 1 N–H and O–H groups in total. The van der Waals surface area contributed by atoms with Gasteiger partial charge in [-0.1, -0.05) is 0 Å². The molecule has 0 saturated carbocycles. The van der Waals surface area contributed by atoms with E-state index in [1.54, 1.807) is 0 Å². The molecule has 0 saturated heterocycles. The Bertz CT molecular complexity index is 1190. The van der Waals surface area contributed by atoms with Crippen LogP contribution in [-0.4, -0.2) is 89.5 Å². The summed E-state index contributed by atoms with van der Waals surface area (Å²) in [7, 11) is -8.30. The zero-order valence-electron chi connectivity index (χ0n) is 18.4. The van der Waals surface area contributed by atoms with E-state index >= 15 is 0 Å². The standard InChI is InChI=1S/C13HF27O3S/c14-1(15,2(16,17)4(20,21)6(24,25)8(28,29)10(32,33)12(36,37)38)3(18,19)5(22,23)7(26,27)9(30,31)11(34,35)13(39,40)44(41,42)43/h(H,41,42,43)/i9+1,11+1,13+1. The van der Waals surface area contributed by atoms with Crippen molar-refractivity contribution in [2.45, 2.75) is 76.6 Å². The van der Waals surface area contributed by atoms with Crippen molar-refractivity contribution in [3.8, 4) is 0 Å². The van der Waals surface area contributed by atoms with Crippen LogP contribution in [0.1, 0.15) is 0 Å². The second-order valence-electron chi connectivity index (χ2n) is 7.81. The highest BCUT2D eigenvalue weighted by atomic mass is 32.2. The maximum Gasteiger partial charge on any atom is 0.460 e. The molecule has 266 valence electrons. The third-order valence-electron chi connectivity index (χ3n) is 4.99. The Balaban J connectivity index is 7.56. The van der Waals surface area contributed by atoms with Crippen molar-refractivity contribution < 1.29 is 132 Å². The van der Waals surface area contributed by atoms with Crippen LogP contribution in [0.5, 0.6) is 0 Å². The molecule has 31 heteroatoms. The Morgan fingerprint density at radius 3 is 0.545 bits per heavy atom. The highest BCUT2D eigenvalue weighted by Crippen LogP contribution is 2.68. The maximum atomic E-state index is 13.6. The lowest BCUT2D eigenvalue weighted by Crippen LogP contribution is -2.79. The Labute approximate surface area is 219 Å². The van der Waals surface area contributed by atoms with Gasteiger partial charge in [-0.2, -0.15) is 127 Å². The van der Waals surface area contributed by atoms with Crippen molar-refractivity contribution in [3.63, 3.8) is 0 Å². The molecule has 0 bridgehead atoms. The maximum absolute atomic E-state index is 13.6. The smallest absolute Gasteiger partial charge is 0.281 e. The molecule has 0 aromatic carbocycles. The first-order valence-corrected chi connectivity index (χ1v) is 10.3. The van der Waals surface area contributed by atoms with Crippen LogP contribution in [-0.2, 0) is 10.1 Å². The van der Waals surface area contributed by atoms with E-state index in [2.05, 4.69) is 0 Å². The van der Waals surface area contributed by atoms with Gasteiger partial charge in [-0.15, -0.1) is 0 Å². The van der Waals surface area contributed by atoms with Crippen LogP contribution < -0.4 is 0 Å². The SMILES string of the molecule is O=S(=O)(O)[13C](F)(F)[13C](F)(F)[13C](F)(F)C(F)(F)C(F)(F)C(F)(F)C(F)(F)C(F)(F)C(F)(F)C(F)(F)C(F)(F)C(F)(F)C(F)(F)F. The molecular formula is C13HF27O3S. The molecule has 3 nitrogen and oxygen atoms in total. The van der Waals surface area contributed by atoms with Crippen molar-refractivity contribution in [2.75, 3.05) is 0 Å². The average Bonchev–Trinajstić information content (AvgIpc) is 2.75. The molecule has 0 aromatic heterocycles. The Morgan fingerprint density at radius 2 is 0.409 bits per heavy atom. The van der Waals surface area contributed by atoms with Crippen LogP contribution in [0.2, 0.25) is 0 Å². The molecule has 0 fully saturated rings. The third-order valence-corrected chi connectivity index (χ3v) is 5.89. The summed E-state index contributed by atoms with van der Waals surface area (Å²) in [6.07, 6.45) is -8.28. The summed E-state index contributed by atoms with van der Waals surface area (Å²) >= 11 is 0. The molecule has 0 rings (SSSR count). The monoisotopic (exact) mass is 753 g/mol. The lowest BCUT2D eigenvalue weighted by molar-refractivity contribution is -0.483. The van der Waals surface area contributed by atoms with Gasteiger partial charge >= 0.3 is 86.7 Å². The minimum absolute atomic E-state index is 7.72. The molecule has 0 spiro atoms. The number of rotatable bonds is 12. The lowest BCUT2D eigenvalue weighted by Gasteiger charge is -2.45. The van der Waals surface area contributed by atoms with E-state index < -0.39 is 86.7 Å². The van der Waals surface area contributed by atoms with E-state index in [1.807, 2.05) is 0 Å². The summed E-state index contributed by atoms with van der Waals surface area (Å²) in [5.74, 6) is -105. The fourth-order valence-corrected chi connectivity index (χ4v) is 2.75. The van der Waals surface area contributed by atoms with Crippen molar-refractivity contribution in [1.82, 2.24) is 0 Å². The number of hydrogen-bond donors (Lipinski definition) is 1.